The average molecular weight is 474 g/mol. The van der Waals surface area contributed by atoms with Crippen molar-refractivity contribution in [2.75, 3.05) is 4.90 Å². The first kappa shape index (κ1) is 19.0. The lowest BCUT2D eigenvalue weighted by Crippen LogP contribution is -2.55. The number of fused-ring (bicyclic) bond motifs is 9. The van der Waals surface area contributed by atoms with Gasteiger partial charge in [0.05, 0.1) is 5.69 Å². The minimum absolute atomic E-state index is 0.147. The molecule has 2 aliphatic rings. The van der Waals surface area contributed by atoms with E-state index >= 15 is 0 Å². The van der Waals surface area contributed by atoms with E-state index in [1.807, 2.05) is 11.3 Å². The second-order valence-corrected chi connectivity index (χ2v) is 10.6. The average Bonchev–Trinajstić information content (AvgIpc) is 3.53. The van der Waals surface area contributed by atoms with Gasteiger partial charge in [0.1, 0.15) is 0 Å². The molecule has 2 aliphatic heterocycles. The van der Waals surface area contributed by atoms with E-state index in [0.717, 1.165) is 0 Å². The summed E-state index contributed by atoms with van der Waals surface area (Å²) in [6.45, 7) is 0.147. The van der Waals surface area contributed by atoms with E-state index in [0.29, 0.717) is 0 Å². The predicted octanol–water partition coefficient (Wildman–Crippen LogP) is 7.43. The normalized spacial score (nSPS) is 13.4. The van der Waals surface area contributed by atoms with E-state index in [9.17, 15) is 0 Å². The zero-order valence-electron chi connectivity index (χ0n) is 19.3. The van der Waals surface area contributed by atoms with Crippen molar-refractivity contribution in [3.8, 4) is 10.4 Å². The third-order valence-corrected chi connectivity index (χ3v) is 9.03. The molecule has 0 saturated heterocycles. The molecule has 0 radical (unpaired) electrons. The van der Waals surface area contributed by atoms with Crippen LogP contribution in [-0.4, -0.2) is 11.3 Å². The van der Waals surface area contributed by atoms with Crippen LogP contribution in [0.1, 0.15) is 0 Å². The number of rotatable bonds is 1. The lowest BCUT2D eigenvalue weighted by atomic mass is 9.46. The Hall–Kier alpha value is -4.28. The third kappa shape index (κ3) is 2.19. The SMILES string of the molecule is c1ccc(N2c3ccccc3B3c4c2csc4-c2cc4ccccc4c4c5ccccc5n3c24)cc1. The van der Waals surface area contributed by atoms with Crippen LogP contribution in [0.25, 0.3) is 43.0 Å². The lowest BCUT2D eigenvalue weighted by Gasteiger charge is -2.37. The van der Waals surface area contributed by atoms with Crippen LogP contribution in [0.5, 0.6) is 0 Å². The van der Waals surface area contributed by atoms with Crippen molar-refractivity contribution in [3.63, 3.8) is 0 Å². The molecule has 0 spiro atoms. The van der Waals surface area contributed by atoms with Gasteiger partial charge in [-0.2, -0.15) is 0 Å². The summed E-state index contributed by atoms with van der Waals surface area (Å²) in [4.78, 5) is 3.85. The topological polar surface area (TPSA) is 8.17 Å². The standard InChI is InChI=1S/C32H19BN2S/c1-2-11-21(12-3-1)34-27-17-9-7-15-25(27)33-30-28(34)19-36-32(30)24-18-20-10-4-5-13-22(20)29-23-14-6-8-16-26(23)35(33)31(24)29/h1-19H. The van der Waals surface area contributed by atoms with E-state index in [1.54, 1.807) is 0 Å². The highest BCUT2D eigenvalue weighted by Crippen LogP contribution is 2.49. The molecule has 0 aliphatic carbocycles. The number of aromatic nitrogens is 1. The molecule has 0 saturated carbocycles. The van der Waals surface area contributed by atoms with Gasteiger partial charge in [-0.05, 0) is 52.0 Å². The van der Waals surface area contributed by atoms with Crippen LogP contribution in [-0.2, 0) is 0 Å². The van der Waals surface area contributed by atoms with Crippen molar-refractivity contribution in [2.24, 2.45) is 0 Å². The van der Waals surface area contributed by atoms with E-state index < -0.39 is 0 Å². The molecule has 9 rings (SSSR count). The zero-order chi connectivity index (χ0) is 23.4. The number of thiophene rings is 1. The summed E-state index contributed by atoms with van der Waals surface area (Å²) in [7, 11) is 0. The Kier molecular flexibility index (Phi) is 3.52. The van der Waals surface area contributed by atoms with Gasteiger partial charge >= 0.3 is 6.85 Å². The van der Waals surface area contributed by atoms with E-state index in [4.69, 9.17) is 0 Å². The highest BCUT2D eigenvalue weighted by molar-refractivity contribution is 7.17. The van der Waals surface area contributed by atoms with Crippen molar-refractivity contribution in [3.05, 3.63) is 115 Å². The highest BCUT2D eigenvalue weighted by atomic mass is 32.1. The first-order valence-corrected chi connectivity index (χ1v) is 13.3. The Morgan fingerprint density at radius 1 is 0.667 bits per heavy atom. The maximum absolute atomic E-state index is 2.63. The Labute approximate surface area is 212 Å². The minimum atomic E-state index is 0.147. The van der Waals surface area contributed by atoms with Crippen LogP contribution < -0.4 is 15.8 Å². The van der Waals surface area contributed by atoms with Crippen molar-refractivity contribution in [1.29, 1.82) is 0 Å². The molecule has 0 bridgehead atoms. The summed E-state index contributed by atoms with van der Waals surface area (Å²) in [6, 6.07) is 40.0. The first-order chi connectivity index (χ1) is 17.9. The van der Waals surface area contributed by atoms with Gasteiger partial charge in [0.15, 0.2) is 0 Å². The van der Waals surface area contributed by atoms with Gasteiger partial charge in [0.2, 0.25) is 0 Å². The van der Waals surface area contributed by atoms with Crippen molar-refractivity contribution < 1.29 is 0 Å². The molecule has 2 nitrogen and oxygen atoms in total. The summed E-state index contributed by atoms with van der Waals surface area (Å²) in [6.07, 6.45) is 0. The molecule has 4 heterocycles. The molecule has 7 aromatic rings. The van der Waals surface area contributed by atoms with Crippen LogP contribution in [0.3, 0.4) is 0 Å². The van der Waals surface area contributed by atoms with Crippen molar-refractivity contribution in [2.45, 2.75) is 0 Å². The first-order valence-electron chi connectivity index (χ1n) is 12.4. The molecule has 2 aromatic heterocycles. The summed E-state index contributed by atoms with van der Waals surface area (Å²) in [5.74, 6) is 0. The number of hydrogen-bond donors (Lipinski definition) is 0. The molecule has 36 heavy (non-hydrogen) atoms. The van der Waals surface area contributed by atoms with Gasteiger partial charge < -0.3 is 9.38 Å². The van der Waals surface area contributed by atoms with Gasteiger partial charge in [0, 0.05) is 49.0 Å². The van der Waals surface area contributed by atoms with E-state index in [1.165, 1.54) is 71.0 Å². The number of anilines is 3. The van der Waals surface area contributed by atoms with Crippen molar-refractivity contribution >= 4 is 78.8 Å². The summed E-state index contributed by atoms with van der Waals surface area (Å²) >= 11 is 1.89. The van der Waals surface area contributed by atoms with Crippen LogP contribution in [0.2, 0.25) is 0 Å². The van der Waals surface area contributed by atoms with Crippen LogP contribution in [0.4, 0.5) is 17.1 Å². The monoisotopic (exact) mass is 474 g/mol. The molecule has 0 fully saturated rings. The Balaban J connectivity index is 1.50. The molecular weight excluding hydrogens is 455 g/mol. The second-order valence-electron chi connectivity index (χ2n) is 9.75. The molecule has 4 heteroatoms. The highest BCUT2D eigenvalue weighted by Gasteiger charge is 2.43. The summed E-state index contributed by atoms with van der Waals surface area (Å²) in [5.41, 5.74) is 10.6. The Morgan fingerprint density at radius 2 is 1.42 bits per heavy atom. The largest absolute Gasteiger partial charge is 0.375 e. The quantitative estimate of drug-likeness (QED) is 0.225. The lowest BCUT2D eigenvalue weighted by molar-refractivity contribution is 1.27. The molecule has 0 amide bonds. The van der Waals surface area contributed by atoms with Gasteiger partial charge in [-0.25, -0.2) is 0 Å². The maximum atomic E-state index is 2.63. The molecule has 0 N–H and O–H groups in total. The van der Waals surface area contributed by atoms with Crippen LogP contribution in [0, 0.1) is 0 Å². The van der Waals surface area contributed by atoms with Gasteiger partial charge in [-0.1, -0.05) is 78.9 Å². The Bertz CT molecular complexity index is 2020. The van der Waals surface area contributed by atoms with Gasteiger partial charge in [-0.3, -0.25) is 0 Å². The fraction of sp³-hybridized carbons (Fsp3) is 0. The Morgan fingerprint density at radius 3 is 2.33 bits per heavy atom. The molecular formula is C32H19BN2S. The summed E-state index contributed by atoms with van der Waals surface area (Å²) in [5, 5.41) is 7.73. The number of nitrogens with zero attached hydrogens (tertiary/aromatic N) is 2. The fourth-order valence-electron chi connectivity index (χ4n) is 6.65. The van der Waals surface area contributed by atoms with Gasteiger partial charge in [-0.15, -0.1) is 11.3 Å². The minimum Gasteiger partial charge on any atom is -0.375 e. The maximum Gasteiger partial charge on any atom is 0.333 e. The fourth-order valence-corrected chi connectivity index (χ4v) is 7.74. The second kappa shape index (κ2) is 6.69. The van der Waals surface area contributed by atoms with Crippen LogP contribution >= 0.6 is 11.3 Å². The van der Waals surface area contributed by atoms with E-state index in [2.05, 4.69) is 124 Å². The zero-order valence-corrected chi connectivity index (χ0v) is 20.2. The summed E-state index contributed by atoms with van der Waals surface area (Å²) < 4.78 is 2.63. The molecule has 0 atom stereocenters. The molecule has 166 valence electrons. The van der Waals surface area contributed by atoms with Crippen LogP contribution in [0.15, 0.2) is 115 Å². The molecule has 5 aromatic carbocycles. The third-order valence-electron chi connectivity index (χ3n) is 8.01. The smallest absolute Gasteiger partial charge is 0.333 e. The predicted molar refractivity (Wildman–Crippen MR) is 155 cm³/mol. The van der Waals surface area contributed by atoms with Gasteiger partial charge in [0.25, 0.3) is 0 Å². The number of benzene rings is 5. The van der Waals surface area contributed by atoms with E-state index in [-0.39, 0.29) is 6.85 Å². The number of hydrogen-bond acceptors (Lipinski definition) is 2. The molecule has 0 unspecified atom stereocenters. The van der Waals surface area contributed by atoms with Crippen molar-refractivity contribution in [1.82, 2.24) is 4.48 Å². The number of para-hydroxylation sites is 3.